The van der Waals surface area contributed by atoms with Crippen LogP contribution in [0.3, 0.4) is 0 Å². The molecular weight excluding hydrogens is 212 g/mol. The number of piperidine rings is 1. The third-order valence-corrected chi connectivity index (χ3v) is 4.13. The summed E-state index contributed by atoms with van der Waals surface area (Å²) in [7, 11) is 0. The monoisotopic (exact) mass is 238 g/mol. The maximum atomic E-state index is 12.4. The highest BCUT2D eigenvalue weighted by atomic mass is 16.2. The fourth-order valence-corrected chi connectivity index (χ4v) is 3.16. The van der Waals surface area contributed by atoms with Gasteiger partial charge in [-0.05, 0) is 38.6 Å². The minimum absolute atomic E-state index is 0.102. The molecule has 3 nitrogen and oxygen atoms in total. The Balaban J connectivity index is 1.90. The Bertz CT molecular complexity index is 249. The van der Waals surface area contributed by atoms with Gasteiger partial charge in [0.25, 0.3) is 0 Å². The van der Waals surface area contributed by atoms with Gasteiger partial charge in [0, 0.05) is 12.6 Å². The zero-order valence-electron chi connectivity index (χ0n) is 11.1. The summed E-state index contributed by atoms with van der Waals surface area (Å²) in [4.78, 5) is 14.6. The SMILES string of the molecule is CCCNC1CCCN(C2CCCCC2)C1=O. The fourth-order valence-electron chi connectivity index (χ4n) is 3.16. The Morgan fingerprint density at radius 2 is 1.94 bits per heavy atom. The Kier molecular flexibility index (Phi) is 4.84. The van der Waals surface area contributed by atoms with Crippen LogP contribution in [0.5, 0.6) is 0 Å². The van der Waals surface area contributed by atoms with Gasteiger partial charge < -0.3 is 10.2 Å². The molecule has 1 aliphatic carbocycles. The van der Waals surface area contributed by atoms with Crippen LogP contribution in [0.1, 0.15) is 58.3 Å². The molecule has 1 saturated heterocycles. The summed E-state index contributed by atoms with van der Waals surface area (Å²) in [5.74, 6) is 0.372. The first-order chi connectivity index (χ1) is 8.33. The molecule has 3 heteroatoms. The molecule has 1 saturated carbocycles. The molecule has 0 bridgehead atoms. The Morgan fingerprint density at radius 1 is 1.18 bits per heavy atom. The molecule has 1 heterocycles. The molecule has 1 atom stereocenters. The largest absolute Gasteiger partial charge is 0.338 e. The number of likely N-dealkylation sites (tertiary alicyclic amines) is 1. The Morgan fingerprint density at radius 3 is 2.65 bits per heavy atom. The number of amides is 1. The number of nitrogens with one attached hydrogen (secondary N) is 1. The lowest BCUT2D eigenvalue weighted by molar-refractivity contribution is -0.139. The average Bonchev–Trinajstić information content (AvgIpc) is 2.39. The summed E-state index contributed by atoms with van der Waals surface area (Å²) >= 11 is 0. The molecule has 1 unspecified atom stereocenters. The van der Waals surface area contributed by atoms with Gasteiger partial charge in [-0.2, -0.15) is 0 Å². The molecule has 0 aromatic rings. The van der Waals surface area contributed by atoms with E-state index in [0.29, 0.717) is 11.9 Å². The lowest BCUT2D eigenvalue weighted by atomic mass is 9.91. The topological polar surface area (TPSA) is 32.3 Å². The second-order valence-electron chi connectivity index (χ2n) is 5.47. The van der Waals surface area contributed by atoms with Crippen LogP contribution < -0.4 is 5.32 Å². The van der Waals surface area contributed by atoms with Crippen molar-refractivity contribution in [2.24, 2.45) is 0 Å². The van der Waals surface area contributed by atoms with Crippen LogP contribution in [0.25, 0.3) is 0 Å². The van der Waals surface area contributed by atoms with E-state index in [2.05, 4.69) is 17.1 Å². The zero-order valence-corrected chi connectivity index (χ0v) is 11.1. The van der Waals surface area contributed by atoms with Crippen molar-refractivity contribution in [3.8, 4) is 0 Å². The van der Waals surface area contributed by atoms with E-state index in [4.69, 9.17) is 0 Å². The molecular formula is C14H26N2O. The molecule has 1 amide bonds. The van der Waals surface area contributed by atoms with E-state index >= 15 is 0 Å². The van der Waals surface area contributed by atoms with Gasteiger partial charge in [0.15, 0.2) is 0 Å². The van der Waals surface area contributed by atoms with Gasteiger partial charge in [0.2, 0.25) is 5.91 Å². The maximum Gasteiger partial charge on any atom is 0.239 e. The molecule has 2 fully saturated rings. The van der Waals surface area contributed by atoms with Gasteiger partial charge >= 0.3 is 0 Å². The van der Waals surface area contributed by atoms with E-state index in [1.807, 2.05) is 0 Å². The third-order valence-electron chi connectivity index (χ3n) is 4.13. The first-order valence-corrected chi connectivity index (χ1v) is 7.36. The molecule has 0 radical (unpaired) electrons. The predicted octanol–water partition coefficient (Wildman–Crippen LogP) is 2.31. The van der Waals surface area contributed by atoms with Crippen LogP contribution in [-0.2, 0) is 4.79 Å². The van der Waals surface area contributed by atoms with Crippen molar-refractivity contribution in [3.05, 3.63) is 0 Å². The van der Waals surface area contributed by atoms with Crippen LogP contribution in [-0.4, -0.2) is 36.0 Å². The van der Waals surface area contributed by atoms with Gasteiger partial charge in [-0.1, -0.05) is 26.2 Å². The molecule has 98 valence electrons. The second kappa shape index (κ2) is 6.39. The third kappa shape index (κ3) is 3.21. The van der Waals surface area contributed by atoms with Crippen molar-refractivity contribution in [1.29, 1.82) is 0 Å². The second-order valence-corrected chi connectivity index (χ2v) is 5.47. The lowest BCUT2D eigenvalue weighted by Crippen LogP contribution is -2.54. The van der Waals surface area contributed by atoms with Crippen molar-refractivity contribution >= 4 is 5.91 Å². The molecule has 17 heavy (non-hydrogen) atoms. The van der Waals surface area contributed by atoms with E-state index < -0.39 is 0 Å². The van der Waals surface area contributed by atoms with Crippen LogP contribution in [0.4, 0.5) is 0 Å². The summed E-state index contributed by atoms with van der Waals surface area (Å²) in [6.07, 6.45) is 9.73. The smallest absolute Gasteiger partial charge is 0.239 e. The van der Waals surface area contributed by atoms with Crippen molar-refractivity contribution < 1.29 is 4.79 Å². The van der Waals surface area contributed by atoms with E-state index in [-0.39, 0.29) is 6.04 Å². The minimum Gasteiger partial charge on any atom is -0.338 e. The van der Waals surface area contributed by atoms with Gasteiger partial charge in [0.1, 0.15) is 0 Å². The Hall–Kier alpha value is -0.570. The first-order valence-electron chi connectivity index (χ1n) is 7.36. The quantitative estimate of drug-likeness (QED) is 0.815. The standard InChI is InChI=1S/C14H26N2O/c1-2-10-15-13-9-6-11-16(14(13)17)12-7-4-3-5-8-12/h12-13,15H,2-11H2,1H3. The van der Waals surface area contributed by atoms with Crippen molar-refractivity contribution in [3.63, 3.8) is 0 Å². The zero-order chi connectivity index (χ0) is 12.1. The van der Waals surface area contributed by atoms with Crippen molar-refractivity contribution in [2.75, 3.05) is 13.1 Å². The molecule has 2 aliphatic rings. The normalized spacial score (nSPS) is 27.5. The van der Waals surface area contributed by atoms with E-state index in [1.54, 1.807) is 0 Å². The summed E-state index contributed by atoms with van der Waals surface area (Å²) < 4.78 is 0. The van der Waals surface area contributed by atoms with Gasteiger partial charge in [-0.3, -0.25) is 4.79 Å². The number of hydrogen-bond acceptors (Lipinski definition) is 2. The molecule has 0 aromatic carbocycles. The van der Waals surface area contributed by atoms with Crippen LogP contribution in [0.15, 0.2) is 0 Å². The first kappa shape index (κ1) is 12.9. The number of hydrogen-bond donors (Lipinski definition) is 1. The lowest BCUT2D eigenvalue weighted by Gasteiger charge is -2.40. The van der Waals surface area contributed by atoms with Crippen LogP contribution in [0, 0.1) is 0 Å². The highest BCUT2D eigenvalue weighted by Crippen LogP contribution is 2.25. The molecule has 0 aromatic heterocycles. The van der Waals surface area contributed by atoms with E-state index in [0.717, 1.165) is 25.9 Å². The number of carbonyl (C=O) groups is 1. The van der Waals surface area contributed by atoms with E-state index in [9.17, 15) is 4.79 Å². The maximum absolute atomic E-state index is 12.4. The highest BCUT2D eigenvalue weighted by molar-refractivity contribution is 5.82. The molecule has 1 aliphatic heterocycles. The van der Waals surface area contributed by atoms with Crippen molar-refractivity contribution in [1.82, 2.24) is 10.2 Å². The summed E-state index contributed by atoms with van der Waals surface area (Å²) in [6.45, 7) is 4.11. The number of nitrogens with zero attached hydrogens (tertiary/aromatic N) is 1. The average molecular weight is 238 g/mol. The fraction of sp³-hybridized carbons (Fsp3) is 0.929. The van der Waals surface area contributed by atoms with E-state index in [1.165, 1.54) is 38.5 Å². The minimum atomic E-state index is 0.102. The summed E-state index contributed by atoms with van der Waals surface area (Å²) in [5.41, 5.74) is 0. The molecule has 0 spiro atoms. The van der Waals surface area contributed by atoms with Gasteiger partial charge in [-0.25, -0.2) is 0 Å². The van der Waals surface area contributed by atoms with Gasteiger partial charge in [0.05, 0.1) is 6.04 Å². The van der Waals surface area contributed by atoms with Crippen molar-refractivity contribution in [2.45, 2.75) is 70.4 Å². The molecule has 2 rings (SSSR count). The Labute approximate surface area is 105 Å². The molecule has 1 N–H and O–H groups in total. The summed E-state index contributed by atoms with van der Waals surface area (Å²) in [5, 5.41) is 3.40. The van der Waals surface area contributed by atoms with Crippen LogP contribution in [0.2, 0.25) is 0 Å². The van der Waals surface area contributed by atoms with Crippen LogP contribution >= 0.6 is 0 Å². The highest BCUT2D eigenvalue weighted by Gasteiger charge is 2.32. The number of carbonyl (C=O) groups excluding carboxylic acids is 1. The van der Waals surface area contributed by atoms with Gasteiger partial charge in [-0.15, -0.1) is 0 Å². The predicted molar refractivity (Wildman–Crippen MR) is 69.9 cm³/mol. The number of rotatable bonds is 4. The summed E-state index contributed by atoms with van der Waals surface area (Å²) in [6, 6.07) is 0.646.